The molecule has 19 heavy (non-hydrogen) atoms. The monoisotopic (exact) mass is 275 g/mol. The number of carbonyl (C=O) groups is 1. The van der Waals surface area contributed by atoms with Gasteiger partial charge in [0.25, 0.3) is 0 Å². The second kappa shape index (κ2) is 5.71. The van der Waals surface area contributed by atoms with E-state index in [1.54, 1.807) is 30.6 Å². The van der Waals surface area contributed by atoms with Crippen LogP contribution in [0.1, 0.15) is 28.9 Å². The number of hydrogen-bond donors (Lipinski definition) is 2. The standard InChI is InChI=1S/C14H14ClN3O/c1-9(11-3-2-6-17-8-11)18-13-7-10(14(16)19)4-5-12(13)15/h2-9,18H,1H3,(H2,16,19). The second-order valence-electron chi connectivity index (χ2n) is 4.21. The molecule has 0 aliphatic carbocycles. The molecule has 0 spiro atoms. The number of nitrogens with two attached hydrogens (primary N) is 1. The molecule has 1 heterocycles. The van der Waals surface area contributed by atoms with E-state index in [0.29, 0.717) is 16.3 Å². The number of nitrogens with zero attached hydrogens (tertiary/aromatic N) is 1. The highest BCUT2D eigenvalue weighted by Crippen LogP contribution is 2.27. The number of primary amides is 1. The van der Waals surface area contributed by atoms with E-state index in [2.05, 4.69) is 10.3 Å². The van der Waals surface area contributed by atoms with E-state index < -0.39 is 5.91 Å². The van der Waals surface area contributed by atoms with Gasteiger partial charge in [-0.25, -0.2) is 0 Å². The number of amides is 1. The summed E-state index contributed by atoms with van der Waals surface area (Å²) in [5, 5.41) is 3.78. The molecule has 5 heteroatoms. The number of rotatable bonds is 4. The molecule has 2 aromatic rings. The van der Waals surface area contributed by atoms with Gasteiger partial charge in [-0.3, -0.25) is 9.78 Å². The Kier molecular flexibility index (Phi) is 4.02. The lowest BCUT2D eigenvalue weighted by molar-refractivity contribution is 0.100. The van der Waals surface area contributed by atoms with Gasteiger partial charge in [0.1, 0.15) is 0 Å². The van der Waals surface area contributed by atoms with E-state index >= 15 is 0 Å². The van der Waals surface area contributed by atoms with Gasteiger partial charge in [-0.15, -0.1) is 0 Å². The van der Waals surface area contributed by atoms with Crippen LogP contribution in [0.4, 0.5) is 5.69 Å². The predicted octanol–water partition coefficient (Wildman–Crippen LogP) is 3.01. The zero-order valence-corrected chi connectivity index (χ0v) is 11.2. The largest absolute Gasteiger partial charge is 0.377 e. The van der Waals surface area contributed by atoms with Gasteiger partial charge >= 0.3 is 0 Å². The maximum absolute atomic E-state index is 11.2. The fraction of sp³-hybridized carbons (Fsp3) is 0.143. The van der Waals surface area contributed by atoms with Gasteiger partial charge in [-0.2, -0.15) is 0 Å². The summed E-state index contributed by atoms with van der Waals surface area (Å²) < 4.78 is 0. The van der Waals surface area contributed by atoms with E-state index in [1.165, 1.54) is 0 Å². The first-order valence-electron chi connectivity index (χ1n) is 5.83. The molecule has 0 aliphatic rings. The number of nitrogens with one attached hydrogen (secondary N) is 1. The van der Waals surface area contributed by atoms with Crippen LogP contribution >= 0.6 is 11.6 Å². The summed E-state index contributed by atoms with van der Waals surface area (Å²) >= 11 is 6.10. The third kappa shape index (κ3) is 3.23. The molecule has 4 nitrogen and oxygen atoms in total. The molecule has 0 radical (unpaired) electrons. The van der Waals surface area contributed by atoms with Gasteiger partial charge in [-0.05, 0) is 36.8 Å². The number of anilines is 1. The molecule has 98 valence electrons. The lowest BCUT2D eigenvalue weighted by atomic mass is 10.1. The Balaban J connectivity index is 2.23. The molecule has 0 saturated heterocycles. The molecule has 1 aromatic carbocycles. The molecule has 1 unspecified atom stereocenters. The molecule has 0 fully saturated rings. The predicted molar refractivity (Wildman–Crippen MR) is 76.2 cm³/mol. The fourth-order valence-corrected chi connectivity index (χ4v) is 1.91. The Morgan fingerprint density at radius 1 is 1.42 bits per heavy atom. The Morgan fingerprint density at radius 3 is 2.84 bits per heavy atom. The summed E-state index contributed by atoms with van der Waals surface area (Å²) in [4.78, 5) is 15.2. The minimum atomic E-state index is -0.478. The van der Waals surface area contributed by atoms with Gasteiger partial charge in [0.15, 0.2) is 0 Å². The van der Waals surface area contributed by atoms with Crippen molar-refractivity contribution in [2.24, 2.45) is 5.73 Å². The van der Waals surface area contributed by atoms with Gasteiger partial charge in [0.05, 0.1) is 16.8 Å². The summed E-state index contributed by atoms with van der Waals surface area (Å²) in [6.07, 6.45) is 3.50. The van der Waals surface area contributed by atoms with Crippen LogP contribution in [0.3, 0.4) is 0 Å². The van der Waals surface area contributed by atoms with E-state index in [9.17, 15) is 4.79 Å². The molecule has 1 amide bonds. The third-order valence-electron chi connectivity index (χ3n) is 2.81. The van der Waals surface area contributed by atoms with Crippen LogP contribution in [-0.4, -0.2) is 10.9 Å². The maximum Gasteiger partial charge on any atom is 0.248 e. The highest BCUT2D eigenvalue weighted by molar-refractivity contribution is 6.33. The molecule has 1 atom stereocenters. The van der Waals surface area contributed by atoms with Crippen LogP contribution in [0.25, 0.3) is 0 Å². The van der Waals surface area contributed by atoms with E-state index in [-0.39, 0.29) is 6.04 Å². The van der Waals surface area contributed by atoms with Gasteiger partial charge < -0.3 is 11.1 Å². The topological polar surface area (TPSA) is 68.0 Å². The molecular formula is C14H14ClN3O. The number of benzene rings is 1. The molecule has 3 N–H and O–H groups in total. The molecule has 1 aromatic heterocycles. The van der Waals surface area contributed by atoms with Crippen molar-refractivity contribution in [3.05, 3.63) is 58.9 Å². The number of hydrogen-bond acceptors (Lipinski definition) is 3. The van der Waals surface area contributed by atoms with Crippen molar-refractivity contribution in [2.45, 2.75) is 13.0 Å². The highest BCUT2D eigenvalue weighted by atomic mass is 35.5. The molecule has 0 aliphatic heterocycles. The van der Waals surface area contributed by atoms with Crippen LogP contribution in [0, 0.1) is 0 Å². The lowest BCUT2D eigenvalue weighted by Gasteiger charge is -2.16. The van der Waals surface area contributed by atoms with Crippen LogP contribution < -0.4 is 11.1 Å². The Morgan fingerprint density at radius 2 is 2.21 bits per heavy atom. The average Bonchev–Trinajstić information content (AvgIpc) is 2.42. The molecule has 0 bridgehead atoms. The second-order valence-corrected chi connectivity index (χ2v) is 4.62. The summed E-state index contributed by atoms with van der Waals surface area (Å²) in [5.41, 5.74) is 7.38. The summed E-state index contributed by atoms with van der Waals surface area (Å²) in [6, 6.07) is 8.77. The van der Waals surface area contributed by atoms with Crippen LogP contribution in [0.15, 0.2) is 42.7 Å². The first-order valence-corrected chi connectivity index (χ1v) is 6.21. The quantitative estimate of drug-likeness (QED) is 0.901. The van der Waals surface area contributed by atoms with Crippen molar-refractivity contribution < 1.29 is 4.79 Å². The number of pyridine rings is 1. The zero-order chi connectivity index (χ0) is 13.8. The average molecular weight is 276 g/mol. The van der Waals surface area contributed by atoms with Crippen molar-refractivity contribution in [2.75, 3.05) is 5.32 Å². The minimum Gasteiger partial charge on any atom is -0.377 e. The highest BCUT2D eigenvalue weighted by Gasteiger charge is 2.10. The Hall–Kier alpha value is -2.07. The molecular weight excluding hydrogens is 262 g/mol. The summed E-state index contributed by atoms with van der Waals surface area (Å²) in [6.45, 7) is 1.99. The van der Waals surface area contributed by atoms with Crippen molar-refractivity contribution in [3.63, 3.8) is 0 Å². The van der Waals surface area contributed by atoms with Crippen molar-refractivity contribution >= 4 is 23.2 Å². The van der Waals surface area contributed by atoms with Crippen molar-refractivity contribution in [1.82, 2.24) is 4.98 Å². The third-order valence-corrected chi connectivity index (χ3v) is 3.14. The van der Waals surface area contributed by atoms with Crippen molar-refractivity contribution in [3.8, 4) is 0 Å². The SMILES string of the molecule is CC(Nc1cc(C(N)=O)ccc1Cl)c1cccnc1. The zero-order valence-electron chi connectivity index (χ0n) is 10.4. The van der Waals surface area contributed by atoms with E-state index in [0.717, 1.165) is 5.56 Å². The van der Waals surface area contributed by atoms with E-state index in [1.807, 2.05) is 19.1 Å². The summed E-state index contributed by atoms with van der Waals surface area (Å²) in [5.74, 6) is -0.478. The van der Waals surface area contributed by atoms with Gasteiger partial charge in [0, 0.05) is 18.0 Å². The maximum atomic E-state index is 11.2. The van der Waals surface area contributed by atoms with Gasteiger partial charge in [0.2, 0.25) is 5.91 Å². The summed E-state index contributed by atoms with van der Waals surface area (Å²) in [7, 11) is 0. The number of halogens is 1. The molecule has 2 rings (SSSR count). The fourth-order valence-electron chi connectivity index (χ4n) is 1.74. The van der Waals surface area contributed by atoms with Crippen LogP contribution in [0.2, 0.25) is 5.02 Å². The van der Waals surface area contributed by atoms with Gasteiger partial charge in [-0.1, -0.05) is 17.7 Å². The lowest BCUT2D eigenvalue weighted by Crippen LogP contribution is -2.12. The Labute approximate surface area is 116 Å². The Bertz CT molecular complexity index is 586. The first kappa shape index (κ1) is 13.4. The number of carbonyl (C=O) groups excluding carboxylic acids is 1. The van der Waals surface area contributed by atoms with Crippen molar-refractivity contribution in [1.29, 1.82) is 0 Å². The normalized spacial score (nSPS) is 11.9. The molecule has 0 saturated carbocycles. The first-order chi connectivity index (χ1) is 9.08. The smallest absolute Gasteiger partial charge is 0.248 e. The van der Waals surface area contributed by atoms with Crippen LogP contribution in [-0.2, 0) is 0 Å². The number of aromatic nitrogens is 1. The minimum absolute atomic E-state index is 0.0225. The van der Waals surface area contributed by atoms with Crippen LogP contribution in [0.5, 0.6) is 0 Å². The van der Waals surface area contributed by atoms with E-state index in [4.69, 9.17) is 17.3 Å².